The molecule has 6 heteroatoms. The summed E-state index contributed by atoms with van der Waals surface area (Å²) < 4.78 is 17.9. The SMILES string of the molecule is CNCc1nnc(Nc2ccc(F)cc2)o1. The number of hydrogen-bond donors (Lipinski definition) is 2. The fourth-order valence-electron chi connectivity index (χ4n) is 1.18. The molecule has 2 N–H and O–H groups in total. The van der Waals surface area contributed by atoms with Crippen molar-refractivity contribution < 1.29 is 8.81 Å². The van der Waals surface area contributed by atoms with Gasteiger partial charge < -0.3 is 15.1 Å². The van der Waals surface area contributed by atoms with E-state index in [0.29, 0.717) is 18.1 Å². The molecule has 0 aliphatic rings. The van der Waals surface area contributed by atoms with Gasteiger partial charge in [-0.25, -0.2) is 4.39 Å². The molecular formula is C10H11FN4O. The van der Waals surface area contributed by atoms with E-state index >= 15 is 0 Å². The average molecular weight is 222 g/mol. The Morgan fingerprint density at radius 2 is 2.00 bits per heavy atom. The second kappa shape index (κ2) is 4.71. The van der Waals surface area contributed by atoms with Crippen molar-refractivity contribution in [1.82, 2.24) is 15.5 Å². The topological polar surface area (TPSA) is 63.0 Å². The van der Waals surface area contributed by atoms with Crippen molar-refractivity contribution in [2.24, 2.45) is 0 Å². The van der Waals surface area contributed by atoms with Crippen LogP contribution in [-0.2, 0) is 6.54 Å². The molecule has 0 saturated carbocycles. The Morgan fingerprint density at radius 1 is 1.25 bits per heavy atom. The smallest absolute Gasteiger partial charge is 0.320 e. The summed E-state index contributed by atoms with van der Waals surface area (Å²) in [6, 6.07) is 6.19. The maximum atomic E-state index is 12.6. The Balaban J connectivity index is 2.05. The molecule has 0 bridgehead atoms. The predicted octanol–water partition coefficient (Wildman–Crippen LogP) is 1.67. The Bertz CT molecular complexity index is 454. The minimum Gasteiger partial charge on any atom is -0.406 e. The van der Waals surface area contributed by atoms with Crippen molar-refractivity contribution >= 4 is 11.7 Å². The fourth-order valence-corrected chi connectivity index (χ4v) is 1.18. The van der Waals surface area contributed by atoms with Crippen LogP contribution in [0, 0.1) is 5.82 Å². The van der Waals surface area contributed by atoms with Gasteiger partial charge in [-0.3, -0.25) is 0 Å². The third-order valence-corrected chi connectivity index (χ3v) is 1.89. The normalized spacial score (nSPS) is 10.4. The van der Waals surface area contributed by atoms with Crippen LogP contribution in [0.4, 0.5) is 16.1 Å². The lowest BCUT2D eigenvalue weighted by atomic mass is 10.3. The highest BCUT2D eigenvalue weighted by molar-refractivity contribution is 5.51. The van der Waals surface area contributed by atoms with E-state index in [-0.39, 0.29) is 11.8 Å². The number of anilines is 2. The van der Waals surface area contributed by atoms with Gasteiger partial charge in [0, 0.05) is 5.69 Å². The molecule has 0 spiro atoms. The van der Waals surface area contributed by atoms with Crippen LogP contribution >= 0.6 is 0 Å². The number of aromatic nitrogens is 2. The molecule has 2 aromatic rings. The molecule has 1 heterocycles. The van der Waals surface area contributed by atoms with E-state index in [1.165, 1.54) is 12.1 Å². The highest BCUT2D eigenvalue weighted by Gasteiger charge is 2.04. The predicted molar refractivity (Wildman–Crippen MR) is 56.7 cm³/mol. The van der Waals surface area contributed by atoms with Crippen molar-refractivity contribution in [3.63, 3.8) is 0 Å². The van der Waals surface area contributed by atoms with Crippen molar-refractivity contribution in [3.05, 3.63) is 36.0 Å². The van der Waals surface area contributed by atoms with Crippen LogP contribution in [0.2, 0.25) is 0 Å². The molecule has 16 heavy (non-hydrogen) atoms. The summed E-state index contributed by atoms with van der Waals surface area (Å²) in [7, 11) is 1.79. The first-order valence-electron chi connectivity index (χ1n) is 4.77. The summed E-state index contributed by atoms with van der Waals surface area (Å²) in [6.07, 6.45) is 0. The highest BCUT2D eigenvalue weighted by atomic mass is 19.1. The average Bonchev–Trinajstić information content (AvgIpc) is 2.70. The lowest BCUT2D eigenvalue weighted by Gasteiger charge is -1.99. The maximum absolute atomic E-state index is 12.6. The van der Waals surface area contributed by atoms with E-state index in [2.05, 4.69) is 20.8 Å². The Hall–Kier alpha value is -1.95. The summed E-state index contributed by atoms with van der Waals surface area (Å²) in [6.45, 7) is 0.512. The molecular weight excluding hydrogens is 211 g/mol. The van der Waals surface area contributed by atoms with Gasteiger partial charge in [-0.15, -0.1) is 5.10 Å². The monoisotopic (exact) mass is 222 g/mol. The first-order chi connectivity index (χ1) is 7.78. The van der Waals surface area contributed by atoms with Crippen LogP contribution in [-0.4, -0.2) is 17.2 Å². The third-order valence-electron chi connectivity index (χ3n) is 1.89. The summed E-state index contributed by atoms with van der Waals surface area (Å²) >= 11 is 0. The Labute approximate surface area is 91.7 Å². The van der Waals surface area contributed by atoms with Crippen molar-refractivity contribution in [2.75, 3.05) is 12.4 Å². The molecule has 0 saturated heterocycles. The number of rotatable bonds is 4. The van der Waals surface area contributed by atoms with Gasteiger partial charge >= 0.3 is 6.01 Å². The van der Waals surface area contributed by atoms with Gasteiger partial charge in [-0.2, -0.15) is 0 Å². The van der Waals surface area contributed by atoms with E-state index < -0.39 is 0 Å². The van der Waals surface area contributed by atoms with Crippen LogP contribution in [0.3, 0.4) is 0 Å². The summed E-state index contributed by atoms with van der Waals surface area (Å²) in [5, 5.41) is 13.4. The van der Waals surface area contributed by atoms with Gasteiger partial charge in [0.15, 0.2) is 0 Å². The second-order valence-corrected chi connectivity index (χ2v) is 3.16. The van der Waals surface area contributed by atoms with Crippen molar-refractivity contribution in [2.45, 2.75) is 6.54 Å². The van der Waals surface area contributed by atoms with E-state index in [9.17, 15) is 4.39 Å². The molecule has 0 fully saturated rings. The molecule has 1 aromatic carbocycles. The van der Waals surface area contributed by atoms with Crippen molar-refractivity contribution in [1.29, 1.82) is 0 Å². The number of benzene rings is 1. The minimum atomic E-state index is -0.285. The van der Waals surface area contributed by atoms with E-state index in [4.69, 9.17) is 4.42 Å². The zero-order valence-corrected chi connectivity index (χ0v) is 8.70. The Kier molecular flexibility index (Phi) is 3.11. The Morgan fingerprint density at radius 3 is 2.69 bits per heavy atom. The van der Waals surface area contributed by atoms with E-state index in [1.807, 2.05) is 0 Å². The summed E-state index contributed by atoms with van der Waals surface area (Å²) in [5.41, 5.74) is 0.695. The minimum absolute atomic E-state index is 0.285. The van der Waals surface area contributed by atoms with Crippen LogP contribution in [0.25, 0.3) is 0 Å². The summed E-state index contributed by atoms with van der Waals surface area (Å²) in [4.78, 5) is 0. The van der Waals surface area contributed by atoms with Crippen LogP contribution in [0.1, 0.15) is 5.89 Å². The quantitative estimate of drug-likeness (QED) is 0.823. The van der Waals surface area contributed by atoms with Gasteiger partial charge in [0.05, 0.1) is 6.54 Å². The van der Waals surface area contributed by atoms with Gasteiger partial charge in [0.2, 0.25) is 5.89 Å². The molecule has 0 atom stereocenters. The zero-order chi connectivity index (χ0) is 11.4. The number of nitrogens with one attached hydrogen (secondary N) is 2. The maximum Gasteiger partial charge on any atom is 0.320 e. The molecule has 0 aliphatic carbocycles. The highest BCUT2D eigenvalue weighted by Crippen LogP contribution is 2.15. The molecule has 2 rings (SSSR count). The molecule has 0 amide bonds. The van der Waals surface area contributed by atoms with Crippen LogP contribution in [0.15, 0.2) is 28.7 Å². The van der Waals surface area contributed by atoms with E-state index in [0.717, 1.165) is 0 Å². The molecule has 1 aromatic heterocycles. The first-order valence-corrected chi connectivity index (χ1v) is 4.77. The zero-order valence-electron chi connectivity index (χ0n) is 8.70. The molecule has 0 aliphatic heterocycles. The van der Waals surface area contributed by atoms with E-state index in [1.54, 1.807) is 19.2 Å². The number of nitrogens with zero attached hydrogens (tertiary/aromatic N) is 2. The van der Waals surface area contributed by atoms with Crippen LogP contribution < -0.4 is 10.6 Å². The van der Waals surface area contributed by atoms with Gasteiger partial charge in [0.25, 0.3) is 0 Å². The third kappa shape index (κ3) is 2.54. The molecule has 0 unspecified atom stereocenters. The lowest BCUT2D eigenvalue weighted by Crippen LogP contribution is -2.04. The number of halogens is 1. The number of hydrogen-bond acceptors (Lipinski definition) is 5. The molecule has 84 valence electrons. The lowest BCUT2D eigenvalue weighted by molar-refractivity contribution is 0.493. The van der Waals surface area contributed by atoms with Gasteiger partial charge in [0.1, 0.15) is 5.82 Å². The van der Waals surface area contributed by atoms with Crippen molar-refractivity contribution in [3.8, 4) is 0 Å². The summed E-state index contributed by atoms with van der Waals surface area (Å²) in [5.74, 6) is 0.207. The van der Waals surface area contributed by atoms with Gasteiger partial charge in [-0.1, -0.05) is 5.10 Å². The first kappa shape index (κ1) is 10.6. The standard InChI is InChI=1S/C10H11FN4O/c1-12-6-9-14-15-10(16-9)13-8-4-2-7(11)3-5-8/h2-5,12H,6H2,1H3,(H,13,15). The largest absolute Gasteiger partial charge is 0.406 e. The van der Waals surface area contributed by atoms with Crippen LogP contribution in [0.5, 0.6) is 0 Å². The molecule has 5 nitrogen and oxygen atoms in total. The van der Waals surface area contributed by atoms with Gasteiger partial charge in [-0.05, 0) is 31.3 Å². The fraction of sp³-hybridized carbons (Fsp3) is 0.200. The second-order valence-electron chi connectivity index (χ2n) is 3.16. The molecule has 0 radical (unpaired) electrons.